The summed E-state index contributed by atoms with van der Waals surface area (Å²) in [7, 11) is 0. The van der Waals surface area contributed by atoms with Gasteiger partial charge < -0.3 is 23.9 Å². The fraction of sp³-hybridized carbons (Fsp3) is 0.429. The van der Waals surface area contributed by atoms with Crippen molar-refractivity contribution in [3.05, 3.63) is 48.2 Å². The number of ether oxygens (including phenoxy) is 1. The summed E-state index contributed by atoms with van der Waals surface area (Å²) >= 11 is 0. The number of nitrogens with zero attached hydrogens (tertiary/aromatic N) is 4. The van der Waals surface area contributed by atoms with E-state index in [1.54, 1.807) is 24.6 Å². The summed E-state index contributed by atoms with van der Waals surface area (Å²) in [5, 5.41) is 6.75. The lowest BCUT2D eigenvalue weighted by Crippen LogP contribution is -2.45. The molecule has 4 heterocycles. The first kappa shape index (κ1) is 20.1. The van der Waals surface area contributed by atoms with Crippen LogP contribution in [0.25, 0.3) is 11.6 Å². The molecule has 1 saturated heterocycles. The summed E-state index contributed by atoms with van der Waals surface area (Å²) in [4.78, 5) is 23.2. The third-order valence-electron chi connectivity index (χ3n) is 4.82. The van der Waals surface area contributed by atoms with Crippen LogP contribution in [0.4, 0.5) is 5.82 Å². The first-order chi connectivity index (χ1) is 14.6. The quantitative estimate of drug-likeness (QED) is 0.632. The fourth-order valence-corrected chi connectivity index (χ4v) is 3.45. The van der Waals surface area contributed by atoms with Crippen LogP contribution >= 0.6 is 0 Å². The van der Waals surface area contributed by atoms with E-state index in [9.17, 15) is 4.79 Å². The van der Waals surface area contributed by atoms with Crippen molar-refractivity contribution in [1.82, 2.24) is 20.4 Å². The smallest absolute Gasteiger partial charge is 0.238 e. The van der Waals surface area contributed by atoms with E-state index in [1.807, 2.05) is 12.1 Å². The highest BCUT2D eigenvalue weighted by Gasteiger charge is 2.23. The molecule has 2 atom stereocenters. The first-order valence-electron chi connectivity index (χ1n) is 10.1. The third-order valence-corrected chi connectivity index (χ3v) is 4.82. The van der Waals surface area contributed by atoms with Gasteiger partial charge in [0.05, 0.1) is 18.5 Å². The molecule has 3 aromatic heterocycles. The van der Waals surface area contributed by atoms with Gasteiger partial charge in [-0.1, -0.05) is 11.2 Å². The number of morpholine rings is 1. The summed E-state index contributed by atoms with van der Waals surface area (Å²) in [5.74, 6) is 2.15. The fourth-order valence-electron chi connectivity index (χ4n) is 3.45. The Hall–Kier alpha value is -3.20. The summed E-state index contributed by atoms with van der Waals surface area (Å²) < 4.78 is 16.2. The minimum absolute atomic E-state index is 0.0901. The Labute approximate surface area is 174 Å². The molecule has 1 fully saturated rings. The highest BCUT2D eigenvalue weighted by molar-refractivity contribution is 5.76. The Kier molecular flexibility index (Phi) is 6.08. The van der Waals surface area contributed by atoms with Crippen molar-refractivity contribution in [3.63, 3.8) is 0 Å². The Morgan fingerprint density at radius 2 is 2.07 bits per heavy atom. The van der Waals surface area contributed by atoms with Crippen molar-refractivity contribution in [2.45, 2.75) is 45.4 Å². The van der Waals surface area contributed by atoms with Crippen LogP contribution in [0.15, 0.2) is 45.7 Å². The molecule has 9 heteroatoms. The number of hydrogen-bond donors (Lipinski definition) is 1. The van der Waals surface area contributed by atoms with Crippen LogP contribution in [0.3, 0.4) is 0 Å². The summed E-state index contributed by atoms with van der Waals surface area (Å²) in [6.07, 6.45) is 4.34. The lowest BCUT2D eigenvalue weighted by molar-refractivity contribution is -0.121. The molecular formula is C21H25N5O4. The van der Waals surface area contributed by atoms with Crippen LogP contribution in [-0.2, 0) is 22.5 Å². The van der Waals surface area contributed by atoms with Crippen molar-refractivity contribution in [1.29, 1.82) is 0 Å². The summed E-state index contributed by atoms with van der Waals surface area (Å²) in [6, 6.07) is 7.48. The second-order valence-electron chi connectivity index (χ2n) is 7.45. The molecule has 9 nitrogen and oxygen atoms in total. The maximum atomic E-state index is 12.1. The predicted octanol–water partition coefficient (Wildman–Crippen LogP) is 2.59. The molecule has 3 aromatic rings. The number of hydrogen-bond acceptors (Lipinski definition) is 8. The SMILES string of the molecule is CC1CN(c2ccc(CNC(=O)CCc3nc(-c4ccco4)no3)cn2)CC(C)O1. The normalized spacial score (nSPS) is 19.1. The highest BCUT2D eigenvalue weighted by atomic mass is 16.5. The number of carbonyl (C=O) groups is 1. The van der Waals surface area contributed by atoms with E-state index in [2.05, 4.69) is 39.2 Å². The van der Waals surface area contributed by atoms with Gasteiger partial charge in [0.1, 0.15) is 5.82 Å². The lowest BCUT2D eigenvalue weighted by Gasteiger charge is -2.36. The van der Waals surface area contributed by atoms with Crippen molar-refractivity contribution >= 4 is 11.7 Å². The average molecular weight is 411 g/mol. The van der Waals surface area contributed by atoms with Gasteiger partial charge in [-0.25, -0.2) is 4.98 Å². The van der Waals surface area contributed by atoms with Gasteiger partial charge >= 0.3 is 0 Å². The predicted molar refractivity (Wildman–Crippen MR) is 109 cm³/mol. The molecule has 1 N–H and O–H groups in total. The van der Waals surface area contributed by atoms with Gasteiger partial charge in [0.25, 0.3) is 0 Å². The largest absolute Gasteiger partial charge is 0.461 e. The number of aryl methyl sites for hydroxylation is 1. The van der Waals surface area contributed by atoms with Crippen LogP contribution in [0, 0.1) is 0 Å². The number of amides is 1. The Morgan fingerprint density at radius 3 is 2.77 bits per heavy atom. The van der Waals surface area contributed by atoms with Crippen LogP contribution < -0.4 is 10.2 Å². The van der Waals surface area contributed by atoms with E-state index in [1.165, 1.54) is 0 Å². The van der Waals surface area contributed by atoms with Gasteiger partial charge in [-0.15, -0.1) is 0 Å². The number of furan rings is 1. The molecule has 158 valence electrons. The van der Waals surface area contributed by atoms with Crippen molar-refractivity contribution in [3.8, 4) is 11.6 Å². The Balaban J connectivity index is 1.23. The second-order valence-corrected chi connectivity index (χ2v) is 7.45. The minimum Gasteiger partial charge on any atom is -0.461 e. The standard InChI is InChI=1S/C21H25N5O4/c1-14-12-26(13-15(2)29-14)18-6-5-16(10-22-18)11-23-19(27)7-8-20-24-21(25-30-20)17-4-3-9-28-17/h3-6,9-10,14-15H,7-8,11-13H2,1-2H3,(H,23,27). The van der Waals surface area contributed by atoms with Gasteiger partial charge in [-0.2, -0.15) is 4.98 Å². The van der Waals surface area contributed by atoms with Crippen LogP contribution in [0.2, 0.25) is 0 Å². The van der Waals surface area contributed by atoms with E-state index in [0.717, 1.165) is 24.5 Å². The molecule has 0 bridgehead atoms. The molecule has 1 amide bonds. The number of nitrogens with one attached hydrogen (secondary N) is 1. The zero-order valence-electron chi connectivity index (χ0n) is 17.1. The molecule has 4 rings (SSSR count). The Morgan fingerprint density at radius 1 is 1.23 bits per heavy atom. The van der Waals surface area contributed by atoms with Gasteiger partial charge in [0, 0.05) is 38.7 Å². The van der Waals surface area contributed by atoms with E-state index in [0.29, 0.717) is 30.4 Å². The maximum absolute atomic E-state index is 12.1. The molecule has 2 unspecified atom stereocenters. The van der Waals surface area contributed by atoms with Gasteiger partial charge in [-0.05, 0) is 37.6 Å². The monoisotopic (exact) mass is 411 g/mol. The van der Waals surface area contributed by atoms with Gasteiger partial charge in [0.2, 0.25) is 17.6 Å². The van der Waals surface area contributed by atoms with Crippen LogP contribution in [-0.4, -0.2) is 46.3 Å². The topological polar surface area (TPSA) is 107 Å². The minimum atomic E-state index is -0.0901. The second kappa shape index (κ2) is 9.08. The third kappa shape index (κ3) is 5.04. The molecule has 0 radical (unpaired) electrons. The molecule has 0 aromatic carbocycles. The van der Waals surface area contributed by atoms with Crippen molar-refractivity contribution < 1.29 is 18.5 Å². The molecule has 30 heavy (non-hydrogen) atoms. The molecule has 0 spiro atoms. The van der Waals surface area contributed by atoms with Gasteiger partial charge in [-0.3, -0.25) is 4.79 Å². The van der Waals surface area contributed by atoms with Crippen LogP contribution in [0.5, 0.6) is 0 Å². The molecular weight excluding hydrogens is 386 g/mol. The molecule has 0 aliphatic carbocycles. The van der Waals surface area contributed by atoms with Gasteiger partial charge in [0.15, 0.2) is 5.76 Å². The number of anilines is 1. The summed E-state index contributed by atoms with van der Waals surface area (Å²) in [6.45, 7) is 6.20. The highest BCUT2D eigenvalue weighted by Crippen LogP contribution is 2.19. The average Bonchev–Trinajstić information content (AvgIpc) is 3.42. The molecule has 0 saturated carbocycles. The number of carbonyl (C=O) groups excluding carboxylic acids is 1. The molecule has 1 aliphatic heterocycles. The lowest BCUT2D eigenvalue weighted by atomic mass is 10.2. The molecule has 1 aliphatic rings. The Bertz CT molecular complexity index is 944. The van der Waals surface area contributed by atoms with Crippen LogP contribution in [0.1, 0.15) is 31.7 Å². The summed E-state index contributed by atoms with van der Waals surface area (Å²) in [5.41, 5.74) is 0.944. The van der Waals surface area contributed by atoms with E-state index < -0.39 is 0 Å². The number of pyridine rings is 1. The maximum Gasteiger partial charge on any atom is 0.238 e. The van der Waals surface area contributed by atoms with Crippen molar-refractivity contribution in [2.24, 2.45) is 0 Å². The first-order valence-corrected chi connectivity index (χ1v) is 10.1. The van der Waals surface area contributed by atoms with Crippen molar-refractivity contribution in [2.75, 3.05) is 18.0 Å². The zero-order chi connectivity index (χ0) is 20.9. The number of rotatable bonds is 7. The number of aromatic nitrogens is 3. The van der Waals surface area contributed by atoms with E-state index >= 15 is 0 Å². The van der Waals surface area contributed by atoms with E-state index in [4.69, 9.17) is 13.7 Å². The van der Waals surface area contributed by atoms with E-state index in [-0.39, 0.29) is 24.5 Å². The zero-order valence-corrected chi connectivity index (χ0v) is 17.1.